The first-order valence-electron chi connectivity index (χ1n) is 6.45. The van der Waals surface area contributed by atoms with E-state index >= 15 is 0 Å². The molecule has 2 saturated heterocycles. The van der Waals surface area contributed by atoms with E-state index in [4.69, 9.17) is 16.3 Å². The zero-order valence-corrected chi connectivity index (χ0v) is 12.2. The van der Waals surface area contributed by atoms with Gasteiger partial charge in [-0.1, -0.05) is 22.9 Å². The maximum atomic E-state index is 11.5. The fourth-order valence-corrected chi connectivity index (χ4v) is 3.96. The Morgan fingerprint density at radius 2 is 2.30 bits per heavy atom. The minimum absolute atomic E-state index is 0.145. The second kappa shape index (κ2) is 4.49. The molecule has 0 aliphatic carbocycles. The number of hydrogen-bond donors (Lipinski definition) is 0. The highest BCUT2D eigenvalue weighted by molar-refractivity contribution is 7.22. The van der Waals surface area contributed by atoms with Gasteiger partial charge in [0.1, 0.15) is 6.61 Å². The first kappa shape index (κ1) is 12.2. The number of carbonyl (C=O) groups excluding carboxylic acids is 1. The van der Waals surface area contributed by atoms with Crippen LogP contribution in [0, 0.1) is 0 Å². The van der Waals surface area contributed by atoms with E-state index in [1.54, 1.807) is 16.2 Å². The van der Waals surface area contributed by atoms with E-state index in [1.165, 1.54) is 0 Å². The van der Waals surface area contributed by atoms with E-state index in [0.717, 1.165) is 33.5 Å². The van der Waals surface area contributed by atoms with Crippen molar-refractivity contribution >= 4 is 44.4 Å². The number of carbonyl (C=O) groups is 1. The van der Waals surface area contributed by atoms with Crippen LogP contribution in [0.4, 0.5) is 9.93 Å². The number of rotatable bonds is 1. The molecule has 2 aliphatic rings. The third-order valence-electron chi connectivity index (χ3n) is 3.73. The van der Waals surface area contributed by atoms with Crippen LogP contribution in [0.1, 0.15) is 0 Å². The van der Waals surface area contributed by atoms with E-state index in [1.807, 2.05) is 18.2 Å². The summed E-state index contributed by atoms with van der Waals surface area (Å²) in [7, 11) is 0. The van der Waals surface area contributed by atoms with Gasteiger partial charge in [-0.3, -0.25) is 4.90 Å². The van der Waals surface area contributed by atoms with Gasteiger partial charge in [0.05, 0.1) is 16.3 Å². The van der Waals surface area contributed by atoms with Gasteiger partial charge in [0.15, 0.2) is 5.13 Å². The molecule has 0 bridgehead atoms. The number of ether oxygens (including phenoxy) is 1. The van der Waals surface area contributed by atoms with Crippen LogP contribution >= 0.6 is 22.9 Å². The van der Waals surface area contributed by atoms with Crippen LogP contribution in [0.3, 0.4) is 0 Å². The van der Waals surface area contributed by atoms with E-state index in [2.05, 4.69) is 9.88 Å². The summed E-state index contributed by atoms with van der Waals surface area (Å²) < 4.78 is 6.18. The number of piperazine rings is 1. The normalized spacial score (nSPS) is 22.2. The molecule has 0 N–H and O–H groups in total. The Kier molecular flexibility index (Phi) is 2.75. The van der Waals surface area contributed by atoms with Crippen LogP contribution in [-0.4, -0.2) is 48.3 Å². The van der Waals surface area contributed by atoms with Crippen LogP contribution in [0.5, 0.6) is 0 Å². The molecule has 20 heavy (non-hydrogen) atoms. The lowest BCUT2D eigenvalue weighted by Crippen LogP contribution is -2.52. The Morgan fingerprint density at radius 3 is 3.20 bits per heavy atom. The lowest BCUT2D eigenvalue weighted by Gasteiger charge is -2.35. The molecule has 7 heteroatoms. The molecular formula is C13H12ClN3O2S. The average Bonchev–Trinajstić information content (AvgIpc) is 3.02. The third-order valence-corrected chi connectivity index (χ3v) is 5.04. The number of benzene rings is 1. The maximum absolute atomic E-state index is 11.5. The molecule has 4 rings (SSSR count). The lowest BCUT2D eigenvalue weighted by molar-refractivity contribution is 0.157. The molecule has 104 valence electrons. The molecule has 0 radical (unpaired) electrons. The molecule has 0 saturated carbocycles. The Bertz CT molecular complexity index is 689. The van der Waals surface area contributed by atoms with Gasteiger partial charge in [0, 0.05) is 24.7 Å². The molecule has 2 aromatic rings. The molecule has 5 nitrogen and oxygen atoms in total. The lowest BCUT2D eigenvalue weighted by atomic mass is 10.2. The van der Waals surface area contributed by atoms with E-state index in [-0.39, 0.29) is 12.1 Å². The molecule has 1 atom stereocenters. The van der Waals surface area contributed by atoms with Gasteiger partial charge in [-0.25, -0.2) is 9.78 Å². The zero-order valence-electron chi connectivity index (χ0n) is 10.6. The Labute approximate surface area is 124 Å². The van der Waals surface area contributed by atoms with Gasteiger partial charge in [0.2, 0.25) is 0 Å². The number of anilines is 1. The maximum Gasteiger partial charge on any atom is 0.410 e. The Morgan fingerprint density at radius 1 is 1.40 bits per heavy atom. The molecule has 1 aromatic carbocycles. The van der Waals surface area contributed by atoms with Crippen molar-refractivity contribution in [2.45, 2.75) is 6.04 Å². The van der Waals surface area contributed by atoms with Crippen molar-refractivity contribution in [1.29, 1.82) is 0 Å². The number of cyclic esters (lactones) is 1. The first-order valence-corrected chi connectivity index (χ1v) is 7.64. The summed E-state index contributed by atoms with van der Waals surface area (Å²) in [6.45, 7) is 2.74. The van der Waals surface area contributed by atoms with Crippen LogP contribution in [-0.2, 0) is 4.74 Å². The molecule has 2 aliphatic heterocycles. The fourth-order valence-electron chi connectivity index (χ4n) is 2.68. The topological polar surface area (TPSA) is 45.7 Å². The van der Waals surface area contributed by atoms with Gasteiger partial charge in [-0.2, -0.15) is 0 Å². The summed E-state index contributed by atoms with van der Waals surface area (Å²) in [6.07, 6.45) is -0.189. The van der Waals surface area contributed by atoms with Gasteiger partial charge >= 0.3 is 6.09 Å². The quantitative estimate of drug-likeness (QED) is 0.812. The number of nitrogens with zero attached hydrogens (tertiary/aromatic N) is 3. The molecule has 0 unspecified atom stereocenters. The van der Waals surface area contributed by atoms with Crippen molar-refractivity contribution in [2.24, 2.45) is 0 Å². The highest BCUT2D eigenvalue weighted by Crippen LogP contribution is 2.32. The second-order valence-electron chi connectivity index (χ2n) is 4.98. The summed E-state index contributed by atoms with van der Waals surface area (Å²) >= 11 is 7.65. The molecule has 1 aromatic heterocycles. The second-order valence-corrected chi connectivity index (χ2v) is 6.42. The van der Waals surface area contributed by atoms with Crippen molar-refractivity contribution in [3.63, 3.8) is 0 Å². The van der Waals surface area contributed by atoms with Crippen LogP contribution in [0.25, 0.3) is 10.2 Å². The Hall–Kier alpha value is -1.53. The SMILES string of the molecule is O=C1OC[C@@H]2CN(c3nc4ccc(Cl)cc4s3)CCN12. The van der Waals surface area contributed by atoms with Crippen LogP contribution < -0.4 is 4.90 Å². The molecule has 2 fully saturated rings. The zero-order chi connectivity index (χ0) is 13.7. The number of aromatic nitrogens is 1. The number of thiazole rings is 1. The summed E-state index contributed by atoms with van der Waals surface area (Å²) in [6, 6.07) is 5.88. The van der Waals surface area contributed by atoms with E-state index < -0.39 is 0 Å². The largest absolute Gasteiger partial charge is 0.447 e. The summed E-state index contributed by atoms with van der Waals surface area (Å²) in [4.78, 5) is 20.2. The third kappa shape index (κ3) is 1.91. The predicted molar refractivity (Wildman–Crippen MR) is 78.7 cm³/mol. The highest BCUT2D eigenvalue weighted by atomic mass is 35.5. The molecule has 3 heterocycles. The van der Waals surface area contributed by atoms with Crippen molar-refractivity contribution in [3.8, 4) is 0 Å². The van der Waals surface area contributed by atoms with Crippen LogP contribution in [0.2, 0.25) is 5.02 Å². The number of amides is 1. The number of fused-ring (bicyclic) bond motifs is 2. The van der Waals surface area contributed by atoms with Crippen molar-refractivity contribution in [3.05, 3.63) is 23.2 Å². The first-order chi connectivity index (χ1) is 9.70. The fraction of sp³-hybridized carbons (Fsp3) is 0.385. The van der Waals surface area contributed by atoms with E-state index in [9.17, 15) is 4.79 Å². The molecule has 0 spiro atoms. The van der Waals surface area contributed by atoms with Gasteiger partial charge in [-0.05, 0) is 18.2 Å². The summed E-state index contributed by atoms with van der Waals surface area (Å²) in [5.41, 5.74) is 0.968. The molecule has 1 amide bonds. The van der Waals surface area contributed by atoms with Gasteiger partial charge < -0.3 is 9.64 Å². The predicted octanol–water partition coefficient (Wildman–Crippen LogP) is 2.59. The minimum atomic E-state index is -0.189. The van der Waals surface area contributed by atoms with Crippen LogP contribution in [0.15, 0.2) is 18.2 Å². The molecular weight excluding hydrogens is 298 g/mol. The standard InChI is InChI=1S/C13H12ClN3O2S/c14-8-1-2-10-11(5-8)20-12(15-10)16-3-4-17-9(6-16)7-19-13(17)18/h1-2,5,9H,3-4,6-7H2/t9-/m0/s1. The number of hydrogen-bond acceptors (Lipinski definition) is 5. The van der Waals surface area contributed by atoms with Gasteiger partial charge in [-0.15, -0.1) is 0 Å². The van der Waals surface area contributed by atoms with E-state index in [0.29, 0.717) is 13.2 Å². The highest BCUT2D eigenvalue weighted by Gasteiger charge is 2.38. The van der Waals surface area contributed by atoms with Crippen molar-refractivity contribution in [2.75, 3.05) is 31.1 Å². The monoisotopic (exact) mass is 309 g/mol. The number of halogens is 1. The summed E-state index contributed by atoms with van der Waals surface area (Å²) in [5.74, 6) is 0. The minimum Gasteiger partial charge on any atom is -0.447 e. The average molecular weight is 310 g/mol. The summed E-state index contributed by atoms with van der Waals surface area (Å²) in [5, 5.41) is 1.72. The van der Waals surface area contributed by atoms with Crippen molar-refractivity contribution in [1.82, 2.24) is 9.88 Å². The van der Waals surface area contributed by atoms with Gasteiger partial charge in [0.25, 0.3) is 0 Å². The Balaban J connectivity index is 1.62. The van der Waals surface area contributed by atoms with Crippen molar-refractivity contribution < 1.29 is 9.53 Å². The smallest absolute Gasteiger partial charge is 0.410 e.